The zero-order valence-corrected chi connectivity index (χ0v) is 18.1. The third-order valence-electron chi connectivity index (χ3n) is 4.00. The van der Waals surface area contributed by atoms with Crippen molar-refractivity contribution in [2.45, 2.75) is 4.90 Å². The summed E-state index contributed by atoms with van der Waals surface area (Å²) in [6, 6.07) is 17.1. The number of nitro benzene ring substituents is 1. The van der Waals surface area contributed by atoms with Crippen LogP contribution >= 0.6 is 35.0 Å². The monoisotopic (exact) mass is 475 g/mol. The molecule has 0 fully saturated rings. The first kappa shape index (κ1) is 22.6. The molecule has 31 heavy (non-hydrogen) atoms. The van der Waals surface area contributed by atoms with Gasteiger partial charge in [0.15, 0.2) is 0 Å². The fourth-order valence-electron chi connectivity index (χ4n) is 2.53. The number of nitrogens with one attached hydrogen (secondary N) is 2. The number of nitro groups is 1. The van der Waals surface area contributed by atoms with E-state index in [2.05, 4.69) is 10.6 Å². The van der Waals surface area contributed by atoms with Gasteiger partial charge in [-0.3, -0.25) is 19.7 Å². The van der Waals surface area contributed by atoms with Crippen molar-refractivity contribution in [1.82, 2.24) is 0 Å². The molecule has 0 aliphatic carbocycles. The molecule has 0 spiro atoms. The highest BCUT2D eigenvalue weighted by Crippen LogP contribution is 2.27. The Labute approximate surface area is 191 Å². The van der Waals surface area contributed by atoms with E-state index in [-0.39, 0.29) is 17.3 Å². The van der Waals surface area contributed by atoms with E-state index in [1.54, 1.807) is 36.4 Å². The molecule has 0 aliphatic heterocycles. The average molecular weight is 476 g/mol. The fourth-order valence-corrected chi connectivity index (χ4v) is 3.62. The first-order valence-electron chi connectivity index (χ1n) is 8.85. The van der Waals surface area contributed by atoms with Gasteiger partial charge in [0.1, 0.15) is 0 Å². The van der Waals surface area contributed by atoms with Crippen molar-refractivity contribution in [3.8, 4) is 0 Å². The molecule has 0 aromatic heterocycles. The topological polar surface area (TPSA) is 101 Å². The van der Waals surface area contributed by atoms with Crippen LogP contribution in [0.2, 0.25) is 10.0 Å². The second kappa shape index (κ2) is 10.3. The van der Waals surface area contributed by atoms with Gasteiger partial charge in [-0.05, 0) is 48.5 Å². The molecule has 0 saturated carbocycles. The number of benzene rings is 3. The van der Waals surface area contributed by atoms with Gasteiger partial charge in [0.05, 0.1) is 21.4 Å². The maximum Gasteiger partial charge on any atom is 0.269 e. The highest BCUT2D eigenvalue weighted by molar-refractivity contribution is 8.00. The van der Waals surface area contributed by atoms with E-state index in [0.717, 1.165) is 4.90 Å². The second-order valence-corrected chi connectivity index (χ2v) is 8.14. The molecule has 3 aromatic rings. The van der Waals surface area contributed by atoms with Crippen LogP contribution in [0.15, 0.2) is 71.6 Å². The van der Waals surface area contributed by atoms with E-state index in [1.165, 1.54) is 36.0 Å². The summed E-state index contributed by atoms with van der Waals surface area (Å²) in [5.41, 5.74) is 1.17. The SMILES string of the molecule is O=C(CSc1cccc(NC(=O)c2ccc([N+](=O)[O-])cc2)c1)Nc1cc(Cl)ccc1Cl. The third kappa shape index (κ3) is 6.45. The number of carbonyl (C=O) groups excluding carboxylic acids is 2. The van der Waals surface area contributed by atoms with Crippen molar-refractivity contribution in [1.29, 1.82) is 0 Å². The lowest BCUT2D eigenvalue weighted by atomic mass is 10.2. The Hall–Kier alpha value is -3.07. The number of hydrogen-bond donors (Lipinski definition) is 2. The predicted octanol–water partition coefficient (Wildman–Crippen LogP) is 5.88. The van der Waals surface area contributed by atoms with Crippen molar-refractivity contribution in [2.75, 3.05) is 16.4 Å². The van der Waals surface area contributed by atoms with Crippen LogP contribution < -0.4 is 10.6 Å². The number of rotatable bonds is 7. The van der Waals surface area contributed by atoms with Gasteiger partial charge in [-0.25, -0.2) is 0 Å². The van der Waals surface area contributed by atoms with E-state index in [4.69, 9.17) is 23.2 Å². The van der Waals surface area contributed by atoms with Crippen molar-refractivity contribution in [3.63, 3.8) is 0 Å². The minimum Gasteiger partial charge on any atom is -0.324 e. The molecule has 2 amide bonds. The Morgan fingerprint density at radius 2 is 1.71 bits per heavy atom. The number of halogens is 2. The maximum atomic E-state index is 12.4. The molecular formula is C21H15Cl2N3O4S. The van der Waals surface area contributed by atoms with E-state index >= 15 is 0 Å². The van der Waals surface area contributed by atoms with Gasteiger partial charge in [-0.2, -0.15) is 0 Å². The molecule has 2 N–H and O–H groups in total. The molecule has 3 rings (SSSR count). The Morgan fingerprint density at radius 1 is 0.968 bits per heavy atom. The van der Waals surface area contributed by atoms with Crippen molar-refractivity contribution >= 4 is 63.8 Å². The molecule has 158 valence electrons. The Bertz CT molecular complexity index is 1140. The third-order valence-corrected chi connectivity index (χ3v) is 5.56. The minimum absolute atomic E-state index is 0.0905. The number of hydrogen-bond acceptors (Lipinski definition) is 5. The number of nitrogens with zero attached hydrogens (tertiary/aromatic N) is 1. The standard InChI is InChI=1S/C21H15Cl2N3O4S/c22-14-6-9-18(23)19(10-14)25-20(27)12-31-17-3-1-2-15(11-17)24-21(28)13-4-7-16(8-5-13)26(29)30/h1-11H,12H2,(H,24,28)(H,25,27). The number of anilines is 2. The van der Waals surface area contributed by atoms with Crippen LogP contribution in [0.3, 0.4) is 0 Å². The maximum absolute atomic E-state index is 12.4. The van der Waals surface area contributed by atoms with E-state index in [1.807, 2.05) is 6.07 Å². The molecule has 3 aromatic carbocycles. The lowest BCUT2D eigenvalue weighted by Gasteiger charge is -2.09. The number of carbonyl (C=O) groups is 2. The van der Waals surface area contributed by atoms with Gasteiger partial charge in [-0.1, -0.05) is 29.3 Å². The lowest BCUT2D eigenvalue weighted by Crippen LogP contribution is -2.14. The average Bonchev–Trinajstić information content (AvgIpc) is 2.75. The largest absolute Gasteiger partial charge is 0.324 e. The highest BCUT2D eigenvalue weighted by atomic mass is 35.5. The van der Waals surface area contributed by atoms with Crippen molar-refractivity contribution < 1.29 is 14.5 Å². The minimum atomic E-state index is -0.529. The first-order valence-corrected chi connectivity index (χ1v) is 10.6. The summed E-state index contributed by atoms with van der Waals surface area (Å²) >= 11 is 13.3. The molecular weight excluding hydrogens is 461 g/mol. The summed E-state index contributed by atoms with van der Waals surface area (Å²) in [7, 11) is 0. The van der Waals surface area contributed by atoms with Crippen LogP contribution in [-0.2, 0) is 4.79 Å². The molecule has 0 unspecified atom stereocenters. The molecule has 0 radical (unpaired) electrons. The van der Waals surface area contributed by atoms with Gasteiger partial charge in [-0.15, -0.1) is 11.8 Å². The summed E-state index contributed by atoms with van der Waals surface area (Å²) in [5, 5.41) is 17.0. The second-order valence-electron chi connectivity index (χ2n) is 6.25. The van der Waals surface area contributed by atoms with E-state index < -0.39 is 10.8 Å². The Balaban J connectivity index is 1.58. The summed E-state index contributed by atoms with van der Waals surface area (Å²) < 4.78 is 0. The molecule has 0 heterocycles. The zero-order valence-electron chi connectivity index (χ0n) is 15.8. The summed E-state index contributed by atoms with van der Waals surface area (Å²) in [5.74, 6) is -0.525. The quantitative estimate of drug-likeness (QED) is 0.252. The van der Waals surface area contributed by atoms with Crippen LogP contribution in [0, 0.1) is 10.1 Å². The summed E-state index contributed by atoms with van der Waals surface area (Å²) in [6.45, 7) is 0. The summed E-state index contributed by atoms with van der Waals surface area (Å²) in [4.78, 5) is 35.5. The van der Waals surface area contributed by atoms with Gasteiger partial charge in [0.2, 0.25) is 5.91 Å². The molecule has 10 heteroatoms. The van der Waals surface area contributed by atoms with Gasteiger partial charge in [0.25, 0.3) is 11.6 Å². The number of non-ortho nitro benzene ring substituents is 1. The molecule has 0 atom stereocenters. The lowest BCUT2D eigenvalue weighted by molar-refractivity contribution is -0.384. The van der Waals surface area contributed by atoms with E-state index in [0.29, 0.717) is 27.0 Å². The number of thioether (sulfide) groups is 1. The fraction of sp³-hybridized carbons (Fsp3) is 0.0476. The van der Waals surface area contributed by atoms with Crippen LogP contribution in [0.5, 0.6) is 0 Å². The first-order chi connectivity index (χ1) is 14.8. The van der Waals surface area contributed by atoms with Crippen molar-refractivity contribution in [3.05, 3.63) is 92.5 Å². The number of amides is 2. The van der Waals surface area contributed by atoms with Gasteiger partial charge < -0.3 is 10.6 Å². The van der Waals surface area contributed by atoms with Crippen LogP contribution in [-0.4, -0.2) is 22.5 Å². The molecule has 7 nitrogen and oxygen atoms in total. The Morgan fingerprint density at radius 3 is 2.42 bits per heavy atom. The van der Waals surface area contributed by atoms with Crippen LogP contribution in [0.1, 0.15) is 10.4 Å². The van der Waals surface area contributed by atoms with Crippen molar-refractivity contribution in [2.24, 2.45) is 0 Å². The van der Waals surface area contributed by atoms with Crippen LogP contribution in [0.25, 0.3) is 0 Å². The van der Waals surface area contributed by atoms with Gasteiger partial charge >= 0.3 is 0 Å². The predicted molar refractivity (Wildman–Crippen MR) is 123 cm³/mol. The summed E-state index contributed by atoms with van der Waals surface area (Å²) in [6.07, 6.45) is 0. The van der Waals surface area contributed by atoms with E-state index in [9.17, 15) is 19.7 Å². The molecule has 0 aliphatic rings. The normalized spacial score (nSPS) is 10.4. The highest BCUT2D eigenvalue weighted by Gasteiger charge is 2.11. The van der Waals surface area contributed by atoms with Gasteiger partial charge in [0, 0.05) is 33.3 Å². The molecule has 0 saturated heterocycles. The Kier molecular flexibility index (Phi) is 7.51. The smallest absolute Gasteiger partial charge is 0.269 e. The zero-order chi connectivity index (χ0) is 22.4. The van der Waals surface area contributed by atoms with Crippen LogP contribution in [0.4, 0.5) is 17.1 Å². The molecule has 0 bridgehead atoms.